The van der Waals surface area contributed by atoms with Crippen molar-refractivity contribution in [3.8, 4) is 5.75 Å². The highest BCUT2D eigenvalue weighted by Gasteiger charge is 2.35. The molecule has 4 aromatic rings. The minimum absolute atomic E-state index is 0.0614. The van der Waals surface area contributed by atoms with E-state index in [9.17, 15) is 22.4 Å². The van der Waals surface area contributed by atoms with E-state index in [0.29, 0.717) is 16.3 Å². The van der Waals surface area contributed by atoms with Gasteiger partial charge in [0, 0.05) is 19.0 Å². The number of carbonyl (C=O) groups excluding carboxylic acids is 2. The molecule has 0 saturated heterocycles. The minimum Gasteiger partial charge on any atom is -0.497 e. The molecule has 242 valence electrons. The van der Waals surface area contributed by atoms with Crippen molar-refractivity contribution in [1.82, 2.24) is 10.2 Å². The molecule has 12 heteroatoms. The van der Waals surface area contributed by atoms with E-state index in [0.717, 1.165) is 22.0 Å². The van der Waals surface area contributed by atoms with Crippen LogP contribution < -0.4 is 14.4 Å². The second kappa shape index (κ2) is 15.4. The van der Waals surface area contributed by atoms with Gasteiger partial charge in [-0.1, -0.05) is 59.6 Å². The van der Waals surface area contributed by atoms with Gasteiger partial charge in [-0.3, -0.25) is 13.9 Å². The minimum atomic E-state index is -4.36. The molecule has 0 aromatic heterocycles. The number of methoxy groups -OCH3 is 1. The van der Waals surface area contributed by atoms with Gasteiger partial charge in [0.15, 0.2) is 0 Å². The monoisotopic (exact) mass is 685 g/mol. The summed E-state index contributed by atoms with van der Waals surface area (Å²) >= 11 is 12.5. The van der Waals surface area contributed by atoms with Crippen LogP contribution in [-0.4, -0.2) is 50.9 Å². The van der Waals surface area contributed by atoms with Crippen LogP contribution in [0.15, 0.2) is 102 Å². The Balaban J connectivity index is 1.81. The lowest BCUT2D eigenvalue weighted by Gasteiger charge is -2.34. The molecule has 0 aliphatic rings. The van der Waals surface area contributed by atoms with Crippen LogP contribution in [0.25, 0.3) is 0 Å². The van der Waals surface area contributed by atoms with Crippen LogP contribution in [-0.2, 0) is 32.6 Å². The third kappa shape index (κ3) is 8.78. The number of amides is 2. The number of carbonyl (C=O) groups is 2. The Morgan fingerprint density at radius 2 is 1.52 bits per heavy atom. The molecular weight excluding hydrogens is 652 g/mol. The van der Waals surface area contributed by atoms with Gasteiger partial charge in [-0.15, -0.1) is 0 Å². The van der Waals surface area contributed by atoms with Gasteiger partial charge in [-0.05, 0) is 85.6 Å². The third-order valence-corrected chi connectivity index (χ3v) is 9.61. The number of nitrogens with one attached hydrogen (secondary N) is 1. The molecule has 46 heavy (non-hydrogen) atoms. The lowest BCUT2D eigenvalue weighted by atomic mass is 10.0. The maximum absolute atomic E-state index is 14.4. The molecule has 4 rings (SSSR count). The predicted octanol–water partition coefficient (Wildman–Crippen LogP) is 6.50. The maximum Gasteiger partial charge on any atom is 0.264 e. The molecule has 0 spiro atoms. The average Bonchev–Trinajstić information content (AvgIpc) is 3.03. The van der Waals surface area contributed by atoms with Crippen LogP contribution in [0, 0.1) is 5.82 Å². The van der Waals surface area contributed by atoms with Gasteiger partial charge in [-0.2, -0.15) is 0 Å². The predicted molar refractivity (Wildman–Crippen MR) is 178 cm³/mol. The van der Waals surface area contributed by atoms with Crippen molar-refractivity contribution in [1.29, 1.82) is 0 Å². The van der Waals surface area contributed by atoms with E-state index in [1.165, 1.54) is 48.4 Å². The molecule has 8 nitrogen and oxygen atoms in total. The standard InChI is InChI=1S/C34H34Cl2FN3O5S/c1-23(2)38-34(42)32(20-24-7-5-4-6-8-24)39(21-25-9-18-30(35)31(36)19-25)33(41)22-40(27-12-10-26(37)11-13-27)46(43,44)29-16-14-28(45-3)15-17-29/h4-19,23,32H,20-22H2,1-3H3,(H,38,42)/t32-/m0/s1. The fraction of sp³-hybridized carbons (Fsp3) is 0.235. The molecule has 0 unspecified atom stereocenters. The van der Waals surface area contributed by atoms with Gasteiger partial charge in [0.1, 0.15) is 24.2 Å². The highest BCUT2D eigenvalue weighted by Crippen LogP contribution is 2.28. The normalized spacial score (nSPS) is 12.0. The first kappa shape index (κ1) is 34.7. The van der Waals surface area contributed by atoms with Crippen LogP contribution in [0.1, 0.15) is 25.0 Å². The van der Waals surface area contributed by atoms with Gasteiger partial charge < -0.3 is 15.0 Å². The van der Waals surface area contributed by atoms with E-state index in [2.05, 4.69) is 5.32 Å². The molecule has 0 bridgehead atoms. The molecule has 2 amide bonds. The van der Waals surface area contributed by atoms with Crippen molar-refractivity contribution in [2.45, 2.75) is 43.8 Å². The zero-order chi connectivity index (χ0) is 33.4. The summed E-state index contributed by atoms with van der Waals surface area (Å²) in [6.07, 6.45) is 0.147. The van der Waals surface area contributed by atoms with E-state index in [-0.39, 0.29) is 34.6 Å². The molecule has 4 aromatic carbocycles. The molecule has 1 atom stereocenters. The summed E-state index contributed by atoms with van der Waals surface area (Å²) in [7, 11) is -2.91. The fourth-order valence-corrected chi connectivity index (χ4v) is 6.52. The summed E-state index contributed by atoms with van der Waals surface area (Å²) in [4.78, 5) is 29.4. The highest BCUT2D eigenvalue weighted by molar-refractivity contribution is 7.92. The zero-order valence-electron chi connectivity index (χ0n) is 25.5. The largest absolute Gasteiger partial charge is 0.497 e. The van der Waals surface area contributed by atoms with Crippen molar-refractivity contribution in [3.63, 3.8) is 0 Å². The topological polar surface area (TPSA) is 96.0 Å². The summed E-state index contributed by atoms with van der Waals surface area (Å²) in [5, 5.41) is 3.47. The Bertz CT molecular complexity index is 1760. The number of ether oxygens (including phenoxy) is 1. The molecule has 0 aliphatic heterocycles. The lowest BCUT2D eigenvalue weighted by molar-refractivity contribution is -0.140. The van der Waals surface area contributed by atoms with E-state index in [1.807, 2.05) is 30.3 Å². The third-order valence-electron chi connectivity index (χ3n) is 7.08. The first-order valence-electron chi connectivity index (χ1n) is 14.4. The van der Waals surface area contributed by atoms with Crippen LogP contribution in [0.3, 0.4) is 0 Å². The molecule has 0 heterocycles. The van der Waals surface area contributed by atoms with E-state index in [4.69, 9.17) is 27.9 Å². The second-order valence-electron chi connectivity index (χ2n) is 10.8. The number of benzene rings is 4. The van der Waals surface area contributed by atoms with Gasteiger partial charge in [0.2, 0.25) is 11.8 Å². The van der Waals surface area contributed by atoms with Gasteiger partial charge in [-0.25, -0.2) is 12.8 Å². The van der Waals surface area contributed by atoms with Gasteiger partial charge >= 0.3 is 0 Å². The number of hydrogen-bond donors (Lipinski definition) is 1. The molecule has 0 radical (unpaired) electrons. The number of rotatable bonds is 13. The summed E-state index contributed by atoms with van der Waals surface area (Å²) in [6.45, 7) is 2.83. The Morgan fingerprint density at radius 1 is 0.870 bits per heavy atom. The van der Waals surface area contributed by atoms with Crippen molar-refractivity contribution < 1.29 is 27.1 Å². The SMILES string of the molecule is COc1ccc(S(=O)(=O)N(CC(=O)N(Cc2ccc(Cl)c(Cl)c2)[C@@H](Cc2ccccc2)C(=O)NC(C)C)c2ccc(F)cc2)cc1. The lowest BCUT2D eigenvalue weighted by Crippen LogP contribution is -2.54. The van der Waals surface area contributed by atoms with Crippen molar-refractivity contribution in [3.05, 3.63) is 124 Å². The highest BCUT2D eigenvalue weighted by atomic mass is 35.5. The van der Waals surface area contributed by atoms with Crippen molar-refractivity contribution in [2.75, 3.05) is 18.0 Å². The van der Waals surface area contributed by atoms with Gasteiger partial charge in [0.25, 0.3) is 10.0 Å². The number of hydrogen-bond acceptors (Lipinski definition) is 5. The van der Waals surface area contributed by atoms with Gasteiger partial charge in [0.05, 0.1) is 27.7 Å². The number of halogens is 3. The van der Waals surface area contributed by atoms with E-state index in [1.54, 1.807) is 32.0 Å². The summed E-state index contributed by atoms with van der Waals surface area (Å²) in [6, 6.07) is 23.2. The van der Waals surface area contributed by atoms with Crippen LogP contribution in [0.5, 0.6) is 5.75 Å². The maximum atomic E-state index is 14.4. The van der Waals surface area contributed by atoms with Crippen LogP contribution in [0.4, 0.5) is 10.1 Å². The Kier molecular flexibility index (Phi) is 11.7. The zero-order valence-corrected chi connectivity index (χ0v) is 27.8. The quantitative estimate of drug-likeness (QED) is 0.173. The number of anilines is 1. The molecule has 0 fully saturated rings. The smallest absolute Gasteiger partial charge is 0.264 e. The Hall–Kier alpha value is -4.12. The molecule has 0 aliphatic carbocycles. The summed E-state index contributed by atoms with van der Waals surface area (Å²) in [5.74, 6) is -1.23. The first-order valence-corrected chi connectivity index (χ1v) is 16.6. The number of nitrogens with zero attached hydrogens (tertiary/aromatic N) is 2. The summed E-state index contributed by atoms with van der Waals surface area (Å²) < 4.78 is 48.1. The van der Waals surface area contributed by atoms with Crippen LogP contribution in [0.2, 0.25) is 10.0 Å². The second-order valence-corrected chi connectivity index (χ2v) is 13.5. The van der Waals surface area contributed by atoms with Crippen LogP contribution >= 0.6 is 23.2 Å². The van der Waals surface area contributed by atoms with E-state index >= 15 is 0 Å². The number of sulfonamides is 1. The Labute approximate surface area is 278 Å². The molecule has 1 N–H and O–H groups in total. The summed E-state index contributed by atoms with van der Waals surface area (Å²) in [5.41, 5.74) is 1.43. The Morgan fingerprint density at radius 3 is 2.11 bits per heavy atom. The average molecular weight is 687 g/mol. The molecule has 0 saturated carbocycles. The van der Waals surface area contributed by atoms with Crippen molar-refractivity contribution in [2.24, 2.45) is 0 Å². The first-order chi connectivity index (χ1) is 21.9. The van der Waals surface area contributed by atoms with E-state index < -0.39 is 40.2 Å². The van der Waals surface area contributed by atoms with Crippen molar-refractivity contribution >= 4 is 50.7 Å². The molecular formula is C34H34Cl2FN3O5S. The fourth-order valence-electron chi connectivity index (χ4n) is 4.78.